The van der Waals surface area contributed by atoms with Gasteiger partial charge in [0, 0.05) is 11.7 Å². The first-order chi connectivity index (χ1) is 6.27. The van der Waals surface area contributed by atoms with Crippen LogP contribution in [0.25, 0.3) is 0 Å². The normalized spacial score (nSPS) is 12.8. The van der Waals surface area contributed by atoms with Crippen molar-refractivity contribution in [1.82, 2.24) is 5.32 Å². The van der Waals surface area contributed by atoms with Crippen LogP contribution < -0.4 is 11.1 Å². The van der Waals surface area contributed by atoms with Gasteiger partial charge in [-0.1, -0.05) is 26.0 Å². The van der Waals surface area contributed by atoms with E-state index in [1.807, 2.05) is 18.2 Å². The Morgan fingerprint density at radius 1 is 1.38 bits per heavy atom. The number of hydrogen-bond acceptors (Lipinski definition) is 2. The molecule has 1 aromatic rings. The zero-order valence-corrected chi connectivity index (χ0v) is 8.38. The Bertz CT molecular complexity index is 258. The standard InChI is InChI=1S/C11H18N2/c1-3-11(13-4-2)9-6-5-7-10(12)8-9/h5-8,11,13H,3-4,12H2,1-2H3. The van der Waals surface area contributed by atoms with Crippen LogP contribution >= 0.6 is 0 Å². The van der Waals surface area contributed by atoms with Crippen molar-refractivity contribution in [3.05, 3.63) is 29.8 Å². The van der Waals surface area contributed by atoms with Crippen LogP contribution in [0.5, 0.6) is 0 Å². The van der Waals surface area contributed by atoms with Crippen LogP contribution in [0.15, 0.2) is 24.3 Å². The number of nitrogen functional groups attached to an aromatic ring is 1. The lowest BCUT2D eigenvalue weighted by Gasteiger charge is -2.16. The molecule has 2 heteroatoms. The molecule has 0 fully saturated rings. The van der Waals surface area contributed by atoms with Gasteiger partial charge in [-0.2, -0.15) is 0 Å². The number of hydrogen-bond donors (Lipinski definition) is 2. The predicted molar refractivity (Wildman–Crippen MR) is 57.6 cm³/mol. The van der Waals surface area contributed by atoms with Crippen molar-refractivity contribution < 1.29 is 0 Å². The monoisotopic (exact) mass is 178 g/mol. The highest BCUT2D eigenvalue weighted by molar-refractivity contribution is 5.41. The van der Waals surface area contributed by atoms with Crippen LogP contribution in [0.4, 0.5) is 5.69 Å². The molecule has 0 amide bonds. The van der Waals surface area contributed by atoms with Crippen molar-refractivity contribution in [2.24, 2.45) is 0 Å². The number of anilines is 1. The number of rotatable bonds is 4. The maximum atomic E-state index is 5.72. The first kappa shape index (κ1) is 10.1. The Morgan fingerprint density at radius 3 is 2.69 bits per heavy atom. The minimum Gasteiger partial charge on any atom is -0.399 e. The van der Waals surface area contributed by atoms with Crippen molar-refractivity contribution in [2.75, 3.05) is 12.3 Å². The zero-order valence-electron chi connectivity index (χ0n) is 8.38. The topological polar surface area (TPSA) is 38.0 Å². The van der Waals surface area contributed by atoms with E-state index in [4.69, 9.17) is 5.73 Å². The maximum Gasteiger partial charge on any atom is 0.0318 e. The van der Waals surface area contributed by atoms with Crippen LogP contribution in [-0.4, -0.2) is 6.54 Å². The van der Waals surface area contributed by atoms with Gasteiger partial charge < -0.3 is 11.1 Å². The molecule has 0 aromatic heterocycles. The van der Waals surface area contributed by atoms with E-state index in [9.17, 15) is 0 Å². The van der Waals surface area contributed by atoms with Gasteiger partial charge in [-0.05, 0) is 30.7 Å². The van der Waals surface area contributed by atoms with Gasteiger partial charge in [0.1, 0.15) is 0 Å². The second-order valence-electron chi connectivity index (χ2n) is 3.19. The summed E-state index contributed by atoms with van der Waals surface area (Å²) in [5, 5.41) is 3.42. The van der Waals surface area contributed by atoms with E-state index >= 15 is 0 Å². The van der Waals surface area contributed by atoms with E-state index < -0.39 is 0 Å². The number of nitrogens with two attached hydrogens (primary N) is 1. The van der Waals surface area contributed by atoms with Crippen molar-refractivity contribution in [1.29, 1.82) is 0 Å². The molecule has 13 heavy (non-hydrogen) atoms. The largest absolute Gasteiger partial charge is 0.399 e. The molecule has 0 radical (unpaired) electrons. The predicted octanol–water partition coefficient (Wildman–Crippen LogP) is 2.33. The van der Waals surface area contributed by atoms with E-state index in [2.05, 4.69) is 25.2 Å². The Kier molecular flexibility index (Phi) is 3.77. The fraction of sp³-hybridized carbons (Fsp3) is 0.455. The summed E-state index contributed by atoms with van der Waals surface area (Å²) in [6, 6.07) is 8.52. The third-order valence-electron chi connectivity index (χ3n) is 2.17. The molecule has 2 nitrogen and oxygen atoms in total. The molecule has 1 unspecified atom stereocenters. The van der Waals surface area contributed by atoms with Crippen molar-refractivity contribution in [3.8, 4) is 0 Å². The smallest absolute Gasteiger partial charge is 0.0318 e. The van der Waals surface area contributed by atoms with E-state index in [0.29, 0.717) is 6.04 Å². The summed E-state index contributed by atoms with van der Waals surface area (Å²) < 4.78 is 0. The molecule has 0 spiro atoms. The molecular formula is C11H18N2. The average molecular weight is 178 g/mol. The molecule has 0 aliphatic rings. The summed E-state index contributed by atoms with van der Waals surface area (Å²) in [5.41, 5.74) is 7.84. The maximum absolute atomic E-state index is 5.72. The Labute approximate surface area is 80.1 Å². The summed E-state index contributed by atoms with van der Waals surface area (Å²) in [6.45, 7) is 5.29. The molecule has 1 atom stereocenters. The molecule has 0 aliphatic heterocycles. The second kappa shape index (κ2) is 4.87. The lowest BCUT2D eigenvalue weighted by atomic mass is 10.0. The number of benzene rings is 1. The summed E-state index contributed by atoms with van der Waals surface area (Å²) in [7, 11) is 0. The van der Waals surface area contributed by atoms with Crippen LogP contribution in [0.2, 0.25) is 0 Å². The van der Waals surface area contributed by atoms with Gasteiger partial charge in [0.05, 0.1) is 0 Å². The SMILES string of the molecule is CCNC(CC)c1cccc(N)c1. The zero-order chi connectivity index (χ0) is 9.68. The first-order valence-electron chi connectivity index (χ1n) is 4.86. The molecule has 0 bridgehead atoms. The number of nitrogens with one attached hydrogen (secondary N) is 1. The lowest BCUT2D eigenvalue weighted by Crippen LogP contribution is -2.20. The highest BCUT2D eigenvalue weighted by Gasteiger charge is 2.06. The first-order valence-corrected chi connectivity index (χ1v) is 4.86. The minimum atomic E-state index is 0.438. The van der Waals surface area contributed by atoms with Crippen molar-refractivity contribution in [2.45, 2.75) is 26.3 Å². The van der Waals surface area contributed by atoms with Gasteiger partial charge in [0.25, 0.3) is 0 Å². The molecule has 72 valence electrons. The van der Waals surface area contributed by atoms with Crippen LogP contribution in [-0.2, 0) is 0 Å². The van der Waals surface area contributed by atoms with E-state index in [1.54, 1.807) is 0 Å². The lowest BCUT2D eigenvalue weighted by molar-refractivity contribution is 0.537. The van der Waals surface area contributed by atoms with Gasteiger partial charge in [-0.3, -0.25) is 0 Å². The van der Waals surface area contributed by atoms with Crippen LogP contribution in [0, 0.1) is 0 Å². The highest BCUT2D eigenvalue weighted by atomic mass is 14.9. The molecule has 0 aliphatic carbocycles. The third kappa shape index (κ3) is 2.74. The summed E-state index contributed by atoms with van der Waals surface area (Å²) in [6.07, 6.45) is 1.09. The fourth-order valence-electron chi connectivity index (χ4n) is 1.52. The Hall–Kier alpha value is -1.02. The van der Waals surface area contributed by atoms with Crippen molar-refractivity contribution in [3.63, 3.8) is 0 Å². The minimum absolute atomic E-state index is 0.438. The van der Waals surface area contributed by atoms with Gasteiger partial charge in [-0.15, -0.1) is 0 Å². The summed E-state index contributed by atoms with van der Waals surface area (Å²) in [4.78, 5) is 0. The molecule has 0 saturated carbocycles. The van der Waals surface area contributed by atoms with Gasteiger partial charge in [0.2, 0.25) is 0 Å². The molecule has 3 N–H and O–H groups in total. The summed E-state index contributed by atoms with van der Waals surface area (Å²) >= 11 is 0. The van der Waals surface area contributed by atoms with Gasteiger partial charge >= 0.3 is 0 Å². The van der Waals surface area contributed by atoms with Crippen LogP contribution in [0.3, 0.4) is 0 Å². The highest BCUT2D eigenvalue weighted by Crippen LogP contribution is 2.18. The van der Waals surface area contributed by atoms with Crippen LogP contribution in [0.1, 0.15) is 31.9 Å². The molecule has 0 saturated heterocycles. The third-order valence-corrected chi connectivity index (χ3v) is 2.17. The van der Waals surface area contributed by atoms with Gasteiger partial charge in [-0.25, -0.2) is 0 Å². The van der Waals surface area contributed by atoms with E-state index in [1.165, 1.54) is 5.56 Å². The average Bonchev–Trinajstić information content (AvgIpc) is 2.14. The van der Waals surface area contributed by atoms with Gasteiger partial charge in [0.15, 0.2) is 0 Å². The molecule has 1 rings (SSSR count). The van der Waals surface area contributed by atoms with E-state index in [-0.39, 0.29) is 0 Å². The molecular weight excluding hydrogens is 160 g/mol. The summed E-state index contributed by atoms with van der Waals surface area (Å²) in [5.74, 6) is 0. The fourth-order valence-corrected chi connectivity index (χ4v) is 1.52. The quantitative estimate of drug-likeness (QED) is 0.694. The molecule has 0 heterocycles. The van der Waals surface area contributed by atoms with Crippen molar-refractivity contribution >= 4 is 5.69 Å². The Morgan fingerprint density at radius 2 is 2.15 bits per heavy atom. The second-order valence-corrected chi connectivity index (χ2v) is 3.19. The molecule has 1 aromatic carbocycles. The Balaban J connectivity index is 2.78. The van der Waals surface area contributed by atoms with E-state index in [0.717, 1.165) is 18.7 Å².